The van der Waals surface area contributed by atoms with Crippen LogP contribution in [-0.4, -0.2) is 49.3 Å². The van der Waals surface area contributed by atoms with Crippen molar-refractivity contribution in [1.29, 1.82) is 0 Å². The molecule has 0 fully saturated rings. The zero-order valence-electron chi connectivity index (χ0n) is 19.9. The number of hydrogen-bond acceptors (Lipinski definition) is 4. The Bertz CT molecular complexity index is 700. The summed E-state index contributed by atoms with van der Waals surface area (Å²) < 4.78 is 32.4. The molecular weight excluding hydrogens is 384 g/mol. The minimum atomic E-state index is -3.23. The summed E-state index contributed by atoms with van der Waals surface area (Å²) in [6.07, 6.45) is 0.962. The van der Waals surface area contributed by atoms with Crippen molar-refractivity contribution in [2.75, 3.05) is 19.7 Å². The van der Waals surface area contributed by atoms with Gasteiger partial charge in [0.2, 0.25) is 10.0 Å². The number of nitrogens with zero attached hydrogens (tertiary/aromatic N) is 1. The van der Waals surface area contributed by atoms with Crippen LogP contribution in [0.3, 0.4) is 0 Å². The van der Waals surface area contributed by atoms with Crippen LogP contribution in [0.5, 0.6) is 5.75 Å². The van der Waals surface area contributed by atoms with Crippen molar-refractivity contribution in [3.8, 4) is 5.75 Å². The van der Waals surface area contributed by atoms with Gasteiger partial charge < -0.3 is 4.74 Å². The molecule has 168 valence electrons. The largest absolute Gasteiger partial charge is 0.494 e. The minimum Gasteiger partial charge on any atom is -0.494 e. The summed E-state index contributed by atoms with van der Waals surface area (Å²) in [5.74, 6) is 0.950. The van der Waals surface area contributed by atoms with Gasteiger partial charge in [0.15, 0.2) is 0 Å². The van der Waals surface area contributed by atoms with Crippen molar-refractivity contribution in [3.63, 3.8) is 0 Å². The highest BCUT2D eigenvalue weighted by molar-refractivity contribution is 7.90. The quantitative estimate of drug-likeness (QED) is 0.547. The first-order valence-corrected chi connectivity index (χ1v) is 12.2. The molecule has 0 radical (unpaired) electrons. The standard InChI is InChI=1S/C23H42N2O3S/c1-18(2)29(26,27)24-17-19(3)20-11-13-21(14-12-20)28-16-10-15-25(22(4,5)6)23(7,8)9/h11-14,18-19,24H,10,15-17H2,1-9H3. The van der Waals surface area contributed by atoms with E-state index in [1.54, 1.807) is 13.8 Å². The maximum Gasteiger partial charge on any atom is 0.213 e. The fourth-order valence-electron chi connectivity index (χ4n) is 3.51. The van der Waals surface area contributed by atoms with E-state index in [9.17, 15) is 8.42 Å². The topological polar surface area (TPSA) is 58.6 Å². The fourth-order valence-corrected chi connectivity index (χ4v) is 4.32. The summed E-state index contributed by atoms with van der Waals surface area (Å²) in [5, 5.41) is -0.419. The molecule has 1 aromatic carbocycles. The zero-order valence-corrected chi connectivity index (χ0v) is 20.7. The molecule has 0 spiro atoms. The van der Waals surface area contributed by atoms with Crippen LogP contribution in [0.1, 0.15) is 80.2 Å². The van der Waals surface area contributed by atoms with E-state index in [0.717, 1.165) is 24.3 Å². The van der Waals surface area contributed by atoms with Crippen molar-refractivity contribution >= 4 is 10.0 Å². The van der Waals surface area contributed by atoms with Crippen LogP contribution < -0.4 is 9.46 Å². The molecule has 0 aromatic heterocycles. The second kappa shape index (κ2) is 10.3. The maximum absolute atomic E-state index is 11.9. The number of ether oxygens (including phenoxy) is 1. The van der Waals surface area contributed by atoms with Crippen molar-refractivity contribution in [2.24, 2.45) is 0 Å². The van der Waals surface area contributed by atoms with Crippen molar-refractivity contribution in [1.82, 2.24) is 9.62 Å². The van der Waals surface area contributed by atoms with E-state index in [1.165, 1.54) is 0 Å². The summed E-state index contributed by atoms with van der Waals surface area (Å²) in [6, 6.07) is 7.96. The molecule has 0 saturated carbocycles. The molecule has 29 heavy (non-hydrogen) atoms. The van der Waals surface area contributed by atoms with Crippen LogP contribution in [0.4, 0.5) is 0 Å². The van der Waals surface area contributed by atoms with Gasteiger partial charge in [0.05, 0.1) is 11.9 Å². The van der Waals surface area contributed by atoms with Crippen LogP contribution in [0.15, 0.2) is 24.3 Å². The Labute approximate surface area is 179 Å². The van der Waals surface area contributed by atoms with E-state index in [-0.39, 0.29) is 17.0 Å². The Hall–Kier alpha value is -1.11. The monoisotopic (exact) mass is 426 g/mol. The number of nitrogens with one attached hydrogen (secondary N) is 1. The van der Waals surface area contributed by atoms with E-state index in [2.05, 4.69) is 51.2 Å². The van der Waals surface area contributed by atoms with Gasteiger partial charge in [-0.15, -0.1) is 0 Å². The minimum absolute atomic E-state index is 0.102. The highest BCUT2D eigenvalue weighted by Gasteiger charge is 2.30. The van der Waals surface area contributed by atoms with E-state index in [0.29, 0.717) is 13.2 Å². The summed E-state index contributed by atoms with van der Waals surface area (Å²) >= 11 is 0. The van der Waals surface area contributed by atoms with Gasteiger partial charge in [-0.25, -0.2) is 13.1 Å². The molecule has 0 heterocycles. The first kappa shape index (κ1) is 25.9. The van der Waals surface area contributed by atoms with Gasteiger partial charge in [-0.2, -0.15) is 0 Å². The molecule has 1 atom stereocenters. The molecule has 5 nitrogen and oxygen atoms in total. The Morgan fingerprint density at radius 1 is 0.966 bits per heavy atom. The van der Waals surface area contributed by atoms with Crippen LogP contribution in [-0.2, 0) is 10.0 Å². The average Bonchev–Trinajstić information content (AvgIpc) is 2.57. The first-order valence-electron chi connectivity index (χ1n) is 10.6. The summed E-state index contributed by atoms with van der Waals surface area (Å²) in [7, 11) is -3.23. The second-order valence-electron chi connectivity index (χ2n) is 10.1. The lowest BCUT2D eigenvalue weighted by atomic mass is 9.96. The first-order chi connectivity index (χ1) is 13.1. The Kier molecular flexibility index (Phi) is 9.18. The maximum atomic E-state index is 11.9. The predicted molar refractivity (Wildman–Crippen MR) is 123 cm³/mol. The van der Waals surface area contributed by atoms with Crippen molar-refractivity contribution < 1.29 is 13.2 Å². The number of benzene rings is 1. The number of hydrogen-bond donors (Lipinski definition) is 1. The molecule has 6 heteroatoms. The van der Waals surface area contributed by atoms with E-state index in [4.69, 9.17) is 4.74 Å². The highest BCUT2D eigenvalue weighted by atomic mass is 32.2. The zero-order chi connectivity index (χ0) is 22.5. The van der Waals surface area contributed by atoms with Gasteiger partial charge in [-0.1, -0.05) is 19.1 Å². The van der Waals surface area contributed by atoms with Crippen molar-refractivity contribution in [2.45, 2.75) is 91.0 Å². The lowest BCUT2D eigenvalue weighted by molar-refractivity contribution is 0.0337. The Morgan fingerprint density at radius 2 is 1.48 bits per heavy atom. The van der Waals surface area contributed by atoms with Crippen LogP contribution in [0.25, 0.3) is 0 Å². The van der Waals surface area contributed by atoms with Crippen LogP contribution in [0.2, 0.25) is 0 Å². The van der Waals surface area contributed by atoms with E-state index in [1.807, 2.05) is 31.2 Å². The van der Waals surface area contributed by atoms with Crippen LogP contribution >= 0.6 is 0 Å². The van der Waals surface area contributed by atoms with E-state index >= 15 is 0 Å². The Morgan fingerprint density at radius 3 is 1.93 bits per heavy atom. The molecule has 0 aliphatic carbocycles. The summed E-state index contributed by atoms with van der Waals surface area (Å²) in [5.41, 5.74) is 1.33. The molecule has 0 amide bonds. The van der Waals surface area contributed by atoms with Gasteiger partial charge >= 0.3 is 0 Å². The third-order valence-electron chi connectivity index (χ3n) is 5.07. The Balaban J connectivity index is 2.52. The third kappa shape index (κ3) is 8.65. The average molecular weight is 427 g/mol. The molecule has 1 N–H and O–H groups in total. The van der Waals surface area contributed by atoms with Gasteiger partial charge in [0.1, 0.15) is 5.75 Å². The molecule has 1 unspecified atom stereocenters. The fraction of sp³-hybridized carbons (Fsp3) is 0.739. The lowest BCUT2D eigenvalue weighted by Crippen LogP contribution is -2.53. The van der Waals surface area contributed by atoms with Gasteiger partial charge in [0, 0.05) is 24.2 Å². The van der Waals surface area contributed by atoms with Gasteiger partial charge in [-0.3, -0.25) is 4.90 Å². The van der Waals surface area contributed by atoms with E-state index < -0.39 is 15.3 Å². The summed E-state index contributed by atoms with van der Waals surface area (Å²) in [4.78, 5) is 2.51. The molecule has 0 aliphatic rings. The SMILES string of the molecule is CC(CNS(=O)(=O)C(C)C)c1ccc(OCCCN(C(C)(C)C)C(C)(C)C)cc1. The second-order valence-corrected chi connectivity index (χ2v) is 12.4. The van der Waals surface area contributed by atoms with Gasteiger partial charge in [-0.05, 0) is 85.4 Å². The molecule has 1 rings (SSSR count). The van der Waals surface area contributed by atoms with Crippen LogP contribution in [0, 0.1) is 0 Å². The molecular formula is C23H42N2O3S. The predicted octanol–water partition coefficient (Wildman–Crippen LogP) is 4.79. The summed E-state index contributed by atoms with van der Waals surface area (Å²) in [6.45, 7) is 20.9. The molecule has 0 aliphatic heterocycles. The molecule has 1 aromatic rings. The smallest absolute Gasteiger partial charge is 0.213 e. The third-order valence-corrected chi connectivity index (χ3v) is 6.88. The lowest BCUT2D eigenvalue weighted by Gasteiger charge is -2.45. The number of sulfonamides is 1. The molecule has 0 bridgehead atoms. The van der Waals surface area contributed by atoms with Crippen molar-refractivity contribution in [3.05, 3.63) is 29.8 Å². The highest BCUT2D eigenvalue weighted by Crippen LogP contribution is 2.25. The molecule has 0 saturated heterocycles. The normalized spacial score (nSPS) is 14.4. The number of rotatable bonds is 10. The van der Waals surface area contributed by atoms with Gasteiger partial charge in [0.25, 0.3) is 0 Å².